The SMILES string of the molecule is CN1CN=C(N)C=C1C(F)(F)F. The lowest BCUT2D eigenvalue weighted by Crippen LogP contribution is -2.34. The van der Waals surface area contributed by atoms with Crippen molar-refractivity contribution >= 4 is 5.84 Å². The van der Waals surface area contributed by atoms with Crippen LogP contribution in [0.1, 0.15) is 0 Å². The first kappa shape index (κ1) is 8.89. The second kappa shape index (κ2) is 2.69. The number of aliphatic imine (C=N–C) groups is 1. The van der Waals surface area contributed by atoms with Gasteiger partial charge in [0.25, 0.3) is 0 Å². The van der Waals surface area contributed by atoms with Gasteiger partial charge in [-0.15, -0.1) is 0 Å². The Kier molecular flexibility index (Phi) is 1.99. The Labute approximate surface area is 67.4 Å². The molecule has 3 nitrogen and oxygen atoms in total. The molecule has 6 heteroatoms. The Hall–Kier alpha value is -1.20. The van der Waals surface area contributed by atoms with Crippen molar-refractivity contribution in [3.63, 3.8) is 0 Å². The zero-order valence-electron chi connectivity index (χ0n) is 6.39. The average molecular weight is 179 g/mol. The van der Waals surface area contributed by atoms with Crippen LogP contribution < -0.4 is 5.73 Å². The summed E-state index contributed by atoms with van der Waals surface area (Å²) < 4.78 is 36.4. The largest absolute Gasteiger partial charge is 0.431 e. The number of allylic oxidation sites excluding steroid dienone is 1. The molecule has 0 aromatic heterocycles. The van der Waals surface area contributed by atoms with Crippen molar-refractivity contribution in [3.8, 4) is 0 Å². The van der Waals surface area contributed by atoms with Gasteiger partial charge in [-0.1, -0.05) is 0 Å². The zero-order valence-corrected chi connectivity index (χ0v) is 6.39. The van der Waals surface area contributed by atoms with Crippen LogP contribution in [0.2, 0.25) is 0 Å². The Morgan fingerprint density at radius 3 is 2.58 bits per heavy atom. The van der Waals surface area contributed by atoms with E-state index in [1.54, 1.807) is 0 Å². The van der Waals surface area contributed by atoms with Crippen LogP contribution in [0, 0.1) is 0 Å². The van der Waals surface area contributed by atoms with E-state index in [9.17, 15) is 13.2 Å². The molecular formula is C6H8F3N3. The third kappa shape index (κ3) is 1.69. The third-order valence-electron chi connectivity index (χ3n) is 1.45. The van der Waals surface area contributed by atoms with E-state index in [1.165, 1.54) is 7.05 Å². The summed E-state index contributed by atoms with van der Waals surface area (Å²) in [4.78, 5) is 4.62. The molecule has 0 amide bonds. The fourth-order valence-corrected chi connectivity index (χ4v) is 0.858. The lowest BCUT2D eigenvalue weighted by molar-refractivity contribution is -0.109. The number of alkyl halides is 3. The van der Waals surface area contributed by atoms with E-state index in [4.69, 9.17) is 5.73 Å². The van der Waals surface area contributed by atoms with E-state index in [2.05, 4.69) is 4.99 Å². The third-order valence-corrected chi connectivity index (χ3v) is 1.45. The van der Waals surface area contributed by atoms with E-state index in [1.807, 2.05) is 0 Å². The molecule has 0 saturated heterocycles. The highest BCUT2D eigenvalue weighted by molar-refractivity contribution is 5.92. The van der Waals surface area contributed by atoms with Crippen molar-refractivity contribution in [1.82, 2.24) is 4.90 Å². The van der Waals surface area contributed by atoms with Gasteiger partial charge in [0, 0.05) is 13.1 Å². The van der Waals surface area contributed by atoms with Crippen molar-refractivity contribution in [1.29, 1.82) is 0 Å². The molecule has 2 N–H and O–H groups in total. The van der Waals surface area contributed by atoms with Crippen molar-refractivity contribution in [2.75, 3.05) is 13.7 Å². The van der Waals surface area contributed by atoms with E-state index in [0.29, 0.717) is 0 Å². The molecule has 1 aliphatic rings. The summed E-state index contributed by atoms with van der Waals surface area (Å²) in [6, 6.07) is 0. The topological polar surface area (TPSA) is 41.6 Å². The lowest BCUT2D eigenvalue weighted by Gasteiger charge is -2.25. The van der Waals surface area contributed by atoms with Gasteiger partial charge in [-0.25, -0.2) is 4.99 Å². The van der Waals surface area contributed by atoms with E-state index in [-0.39, 0.29) is 12.5 Å². The van der Waals surface area contributed by atoms with Crippen LogP contribution in [0.5, 0.6) is 0 Å². The van der Waals surface area contributed by atoms with Gasteiger partial charge in [0.15, 0.2) is 0 Å². The van der Waals surface area contributed by atoms with Crippen LogP contribution in [-0.2, 0) is 0 Å². The fourth-order valence-electron chi connectivity index (χ4n) is 0.858. The number of amidine groups is 1. The zero-order chi connectivity index (χ0) is 9.35. The summed E-state index contributed by atoms with van der Waals surface area (Å²) >= 11 is 0. The van der Waals surface area contributed by atoms with E-state index < -0.39 is 11.9 Å². The molecular weight excluding hydrogens is 171 g/mol. The molecule has 0 bridgehead atoms. The molecule has 1 aliphatic heterocycles. The van der Waals surface area contributed by atoms with Crippen LogP contribution in [0.25, 0.3) is 0 Å². The highest BCUT2D eigenvalue weighted by Gasteiger charge is 2.37. The standard InChI is InChI=1S/C6H8F3N3/c1-12-3-11-5(10)2-4(12)6(7,8)9/h2H,3H2,1H3,(H2,10,11). The van der Waals surface area contributed by atoms with Gasteiger partial charge in [0.05, 0.1) is 0 Å². The lowest BCUT2D eigenvalue weighted by atomic mass is 10.3. The van der Waals surface area contributed by atoms with Crippen LogP contribution in [0.4, 0.5) is 13.2 Å². The minimum Gasteiger partial charge on any atom is -0.384 e. The van der Waals surface area contributed by atoms with Gasteiger partial charge < -0.3 is 10.6 Å². The molecule has 12 heavy (non-hydrogen) atoms. The van der Waals surface area contributed by atoms with Gasteiger partial charge >= 0.3 is 6.18 Å². The number of rotatable bonds is 0. The molecule has 0 fully saturated rings. The second-order valence-corrected chi connectivity index (χ2v) is 2.45. The molecule has 0 saturated carbocycles. The summed E-state index contributed by atoms with van der Waals surface area (Å²) in [7, 11) is 1.31. The minimum absolute atomic E-state index is 0.0445. The van der Waals surface area contributed by atoms with Crippen LogP contribution in [0.15, 0.2) is 16.8 Å². The number of hydrogen-bond acceptors (Lipinski definition) is 3. The number of halogens is 3. The average Bonchev–Trinajstić information content (AvgIpc) is 1.92. The Morgan fingerprint density at radius 1 is 1.58 bits per heavy atom. The van der Waals surface area contributed by atoms with Crippen LogP contribution in [0.3, 0.4) is 0 Å². The Morgan fingerprint density at radius 2 is 2.17 bits per heavy atom. The smallest absolute Gasteiger partial charge is 0.384 e. The molecule has 1 heterocycles. The highest BCUT2D eigenvalue weighted by Crippen LogP contribution is 2.28. The highest BCUT2D eigenvalue weighted by atomic mass is 19.4. The van der Waals surface area contributed by atoms with Gasteiger partial charge in [-0.2, -0.15) is 13.2 Å². The molecule has 0 atom stereocenters. The van der Waals surface area contributed by atoms with Crippen LogP contribution >= 0.6 is 0 Å². The number of nitrogens with two attached hydrogens (primary N) is 1. The Balaban J connectivity index is 2.94. The van der Waals surface area contributed by atoms with Gasteiger partial charge in [-0.3, -0.25) is 0 Å². The predicted octanol–water partition coefficient (Wildman–Crippen LogP) is 0.693. The molecule has 0 aliphatic carbocycles. The van der Waals surface area contributed by atoms with Crippen LogP contribution in [-0.4, -0.2) is 30.6 Å². The summed E-state index contributed by atoms with van der Waals surface area (Å²) in [5.41, 5.74) is 4.38. The van der Waals surface area contributed by atoms with Gasteiger partial charge in [0.1, 0.15) is 18.2 Å². The Bertz CT molecular complexity index is 241. The molecule has 1 rings (SSSR count). The first-order chi connectivity index (χ1) is 5.41. The fraction of sp³-hybridized carbons (Fsp3) is 0.500. The summed E-state index contributed by atoms with van der Waals surface area (Å²) in [5, 5.41) is 0. The summed E-state index contributed by atoms with van der Waals surface area (Å²) in [5.74, 6) is -0.0829. The number of hydrogen-bond donors (Lipinski definition) is 1. The minimum atomic E-state index is -4.35. The number of nitrogens with zero attached hydrogens (tertiary/aromatic N) is 2. The van der Waals surface area contributed by atoms with Gasteiger partial charge in [0.2, 0.25) is 0 Å². The second-order valence-electron chi connectivity index (χ2n) is 2.45. The first-order valence-corrected chi connectivity index (χ1v) is 3.21. The monoisotopic (exact) mass is 179 g/mol. The quantitative estimate of drug-likeness (QED) is 0.594. The summed E-state index contributed by atoms with van der Waals surface area (Å²) in [6.07, 6.45) is -3.53. The van der Waals surface area contributed by atoms with Crippen molar-refractivity contribution in [2.45, 2.75) is 6.18 Å². The molecule has 0 aromatic carbocycles. The summed E-state index contributed by atoms with van der Waals surface area (Å²) in [6.45, 7) is -0.0445. The molecule has 0 spiro atoms. The van der Waals surface area contributed by atoms with Crippen molar-refractivity contribution in [2.24, 2.45) is 10.7 Å². The van der Waals surface area contributed by atoms with Crippen molar-refractivity contribution in [3.05, 3.63) is 11.8 Å². The maximum Gasteiger partial charge on any atom is 0.431 e. The maximum atomic E-state index is 12.1. The maximum absolute atomic E-state index is 12.1. The molecule has 0 unspecified atom stereocenters. The van der Waals surface area contributed by atoms with Gasteiger partial charge in [-0.05, 0) is 0 Å². The first-order valence-electron chi connectivity index (χ1n) is 3.21. The van der Waals surface area contributed by atoms with E-state index in [0.717, 1.165) is 11.0 Å². The van der Waals surface area contributed by atoms with Crippen molar-refractivity contribution < 1.29 is 13.2 Å². The molecule has 0 radical (unpaired) electrons. The normalized spacial score (nSPS) is 18.8. The van der Waals surface area contributed by atoms with E-state index >= 15 is 0 Å². The predicted molar refractivity (Wildman–Crippen MR) is 38.4 cm³/mol. The molecule has 0 aromatic rings. The molecule has 68 valence electrons.